The molecule has 144 valence electrons. The predicted molar refractivity (Wildman–Crippen MR) is 102 cm³/mol. The van der Waals surface area contributed by atoms with E-state index in [2.05, 4.69) is 4.90 Å². The fraction of sp³-hybridized carbons (Fsp3) is 0.300. The number of rotatable bonds is 8. The summed E-state index contributed by atoms with van der Waals surface area (Å²) in [5.74, 6) is -1.64. The number of para-hydroxylation sites is 1. The average molecular weight is 372 g/mol. The number of carbonyl (C=O) groups excluding carboxylic acids is 2. The Balaban J connectivity index is 2.13. The zero-order chi connectivity index (χ0) is 19.8. The molecule has 0 aliphatic carbocycles. The molecule has 0 aliphatic rings. The number of hydrogen-bond donors (Lipinski definition) is 2. The second-order valence-electron chi connectivity index (χ2n) is 5.83. The van der Waals surface area contributed by atoms with Crippen LogP contribution in [0.25, 0.3) is 0 Å². The van der Waals surface area contributed by atoms with E-state index in [-0.39, 0.29) is 29.2 Å². The Labute approximate surface area is 158 Å². The van der Waals surface area contributed by atoms with Gasteiger partial charge in [0.15, 0.2) is 0 Å². The quantitative estimate of drug-likeness (QED) is 0.417. The van der Waals surface area contributed by atoms with Gasteiger partial charge in [-0.3, -0.25) is 0 Å². The highest BCUT2D eigenvalue weighted by Crippen LogP contribution is 2.25. The van der Waals surface area contributed by atoms with Gasteiger partial charge in [0.25, 0.3) is 0 Å². The van der Waals surface area contributed by atoms with E-state index in [0.29, 0.717) is 12.2 Å². The Morgan fingerprint density at radius 1 is 1.04 bits per heavy atom. The molecular weight excluding hydrogens is 348 g/mol. The minimum atomic E-state index is -0.795. The molecule has 3 N–H and O–H groups in total. The molecule has 2 aromatic rings. The maximum absolute atomic E-state index is 12.4. The lowest BCUT2D eigenvalue weighted by Crippen LogP contribution is -2.28. The van der Waals surface area contributed by atoms with Crippen molar-refractivity contribution in [3.8, 4) is 11.5 Å². The molecule has 7 nitrogen and oxygen atoms in total. The Hall–Kier alpha value is -3.06. The van der Waals surface area contributed by atoms with Crippen LogP contribution in [-0.2, 0) is 4.74 Å². The molecule has 0 fully saturated rings. The van der Waals surface area contributed by atoms with Crippen LogP contribution in [0.15, 0.2) is 42.5 Å². The Kier molecular flexibility index (Phi) is 7.19. The largest absolute Gasteiger partial charge is 0.507 e. The molecule has 0 saturated carbocycles. The van der Waals surface area contributed by atoms with Crippen molar-refractivity contribution in [3.63, 3.8) is 0 Å². The number of esters is 2. The van der Waals surface area contributed by atoms with Crippen molar-refractivity contribution in [2.75, 3.05) is 32.0 Å². The van der Waals surface area contributed by atoms with Crippen LogP contribution in [-0.4, -0.2) is 48.2 Å². The summed E-state index contributed by atoms with van der Waals surface area (Å²) in [6, 6.07) is 10.3. The lowest BCUT2D eigenvalue weighted by Gasteiger charge is -2.18. The smallest absolute Gasteiger partial charge is 0.347 e. The van der Waals surface area contributed by atoms with E-state index in [9.17, 15) is 14.7 Å². The van der Waals surface area contributed by atoms with E-state index in [0.717, 1.165) is 13.1 Å². The summed E-state index contributed by atoms with van der Waals surface area (Å²) in [6.07, 6.45) is 0. The van der Waals surface area contributed by atoms with E-state index in [4.69, 9.17) is 15.2 Å². The third-order valence-corrected chi connectivity index (χ3v) is 4.09. The number of hydrogen-bond acceptors (Lipinski definition) is 7. The van der Waals surface area contributed by atoms with Crippen molar-refractivity contribution in [2.45, 2.75) is 13.8 Å². The van der Waals surface area contributed by atoms with Gasteiger partial charge < -0.3 is 25.2 Å². The van der Waals surface area contributed by atoms with E-state index in [1.54, 1.807) is 12.1 Å². The second kappa shape index (κ2) is 9.59. The highest BCUT2D eigenvalue weighted by molar-refractivity contribution is 5.97. The van der Waals surface area contributed by atoms with Gasteiger partial charge in [0.05, 0.1) is 0 Å². The molecule has 0 saturated heterocycles. The number of aromatic hydroxyl groups is 1. The zero-order valence-corrected chi connectivity index (χ0v) is 15.5. The molecule has 0 aliphatic heterocycles. The molecular formula is C20H24N2O5. The number of nitrogen functional groups attached to an aromatic ring is 1. The second-order valence-corrected chi connectivity index (χ2v) is 5.83. The average Bonchev–Trinajstić information content (AvgIpc) is 2.65. The third kappa shape index (κ3) is 5.46. The number of phenolic OH excluding ortho intramolecular Hbond substituents is 1. The molecule has 0 atom stereocenters. The van der Waals surface area contributed by atoms with Gasteiger partial charge in [-0.15, -0.1) is 0 Å². The lowest BCUT2D eigenvalue weighted by molar-refractivity contribution is 0.0461. The highest BCUT2D eigenvalue weighted by atomic mass is 16.5. The number of carbonyl (C=O) groups is 2. The van der Waals surface area contributed by atoms with Crippen molar-refractivity contribution in [3.05, 3.63) is 53.6 Å². The standard InChI is InChI=1S/C20H24N2O5/c1-3-22(4-2)11-12-26-19(24)16-10-9-14(21)13-18(16)27-20(25)15-7-5-6-8-17(15)23/h5-10,13,23H,3-4,11-12,21H2,1-2H3. The minimum Gasteiger partial charge on any atom is -0.507 e. The van der Waals surface area contributed by atoms with Crippen LogP contribution in [0.4, 0.5) is 5.69 Å². The van der Waals surface area contributed by atoms with Crippen molar-refractivity contribution in [2.24, 2.45) is 0 Å². The first-order valence-electron chi connectivity index (χ1n) is 8.75. The molecule has 27 heavy (non-hydrogen) atoms. The first-order valence-corrected chi connectivity index (χ1v) is 8.75. The van der Waals surface area contributed by atoms with Crippen LogP contribution in [0, 0.1) is 0 Å². The van der Waals surface area contributed by atoms with Gasteiger partial charge >= 0.3 is 11.9 Å². The predicted octanol–water partition coefficient (Wildman–Crippen LogP) is 2.69. The van der Waals surface area contributed by atoms with Crippen LogP contribution in [0.2, 0.25) is 0 Å². The van der Waals surface area contributed by atoms with Crippen molar-refractivity contribution >= 4 is 17.6 Å². The van der Waals surface area contributed by atoms with Gasteiger partial charge in [-0.1, -0.05) is 26.0 Å². The maximum Gasteiger partial charge on any atom is 0.347 e. The van der Waals surface area contributed by atoms with Gasteiger partial charge in [-0.2, -0.15) is 0 Å². The van der Waals surface area contributed by atoms with E-state index in [1.807, 2.05) is 13.8 Å². The minimum absolute atomic E-state index is 0.0132. The highest BCUT2D eigenvalue weighted by Gasteiger charge is 2.20. The molecule has 0 heterocycles. The molecule has 2 rings (SSSR count). The number of nitrogens with zero attached hydrogens (tertiary/aromatic N) is 1. The van der Waals surface area contributed by atoms with Gasteiger partial charge in [-0.05, 0) is 37.4 Å². The number of phenols is 1. The molecule has 0 radical (unpaired) electrons. The molecule has 2 aromatic carbocycles. The molecule has 0 aromatic heterocycles. The lowest BCUT2D eigenvalue weighted by atomic mass is 10.1. The van der Waals surface area contributed by atoms with Gasteiger partial charge in [-0.25, -0.2) is 9.59 Å². The van der Waals surface area contributed by atoms with Gasteiger partial charge in [0, 0.05) is 18.3 Å². The summed E-state index contributed by atoms with van der Waals surface area (Å²) in [4.78, 5) is 26.8. The number of anilines is 1. The number of nitrogens with two attached hydrogens (primary N) is 1. The first kappa shape index (κ1) is 20.3. The summed E-state index contributed by atoms with van der Waals surface area (Å²) in [5, 5.41) is 9.79. The Morgan fingerprint density at radius 3 is 2.41 bits per heavy atom. The molecule has 0 spiro atoms. The van der Waals surface area contributed by atoms with Crippen LogP contribution >= 0.6 is 0 Å². The van der Waals surface area contributed by atoms with Crippen molar-refractivity contribution in [1.29, 1.82) is 0 Å². The fourth-order valence-corrected chi connectivity index (χ4v) is 2.48. The number of benzene rings is 2. The SMILES string of the molecule is CCN(CC)CCOC(=O)c1ccc(N)cc1OC(=O)c1ccccc1O. The fourth-order valence-electron chi connectivity index (χ4n) is 2.48. The van der Waals surface area contributed by atoms with Crippen LogP contribution < -0.4 is 10.5 Å². The van der Waals surface area contributed by atoms with Crippen LogP contribution in [0.1, 0.15) is 34.6 Å². The Bertz CT molecular complexity index is 803. The number of ether oxygens (including phenoxy) is 2. The summed E-state index contributed by atoms with van der Waals surface area (Å²) in [5.41, 5.74) is 6.15. The molecule has 0 unspecified atom stereocenters. The molecule has 0 amide bonds. The van der Waals surface area contributed by atoms with Crippen LogP contribution in [0.5, 0.6) is 11.5 Å². The topological polar surface area (TPSA) is 102 Å². The molecule has 0 bridgehead atoms. The van der Waals surface area contributed by atoms with Crippen LogP contribution in [0.3, 0.4) is 0 Å². The number of likely N-dealkylation sites (N-methyl/N-ethyl adjacent to an activating group) is 1. The third-order valence-electron chi connectivity index (χ3n) is 4.09. The normalized spacial score (nSPS) is 10.6. The molecule has 7 heteroatoms. The first-order chi connectivity index (χ1) is 13.0. The Morgan fingerprint density at radius 2 is 1.74 bits per heavy atom. The zero-order valence-electron chi connectivity index (χ0n) is 15.5. The van der Waals surface area contributed by atoms with E-state index >= 15 is 0 Å². The van der Waals surface area contributed by atoms with E-state index < -0.39 is 11.9 Å². The summed E-state index contributed by atoms with van der Waals surface area (Å²) >= 11 is 0. The summed E-state index contributed by atoms with van der Waals surface area (Å²) in [6.45, 7) is 6.61. The van der Waals surface area contributed by atoms with E-state index in [1.165, 1.54) is 30.3 Å². The maximum atomic E-state index is 12.4. The van der Waals surface area contributed by atoms with Gasteiger partial charge in [0.1, 0.15) is 29.2 Å². The van der Waals surface area contributed by atoms with Crippen molar-refractivity contribution < 1.29 is 24.2 Å². The van der Waals surface area contributed by atoms with Gasteiger partial charge in [0.2, 0.25) is 0 Å². The summed E-state index contributed by atoms with van der Waals surface area (Å²) < 4.78 is 10.6. The van der Waals surface area contributed by atoms with Crippen molar-refractivity contribution in [1.82, 2.24) is 4.90 Å². The summed E-state index contributed by atoms with van der Waals surface area (Å²) in [7, 11) is 0. The monoisotopic (exact) mass is 372 g/mol.